The smallest absolute Gasteiger partial charge is 0.261 e. The summed E-state index contributed by atoms with van der Waals surface area (Å²) >= 11 is 0. The number of rotatable bonds is 6. The van der Waals surface area contributed by atoms with Crippen LogP contribution in [0.15, 0.2) is 58.3 Å². The zero-order valence-electron chi connectivity index (χ0n) is 10.3. The first kappa shape index (κ1) is 12.9. The number of carbonyl (C=O) groups is 1. The normalized spacial score (nSPS) is 10.5. The summed E-state index contributed by atoms with van der Waals surface area (Å²) in [6, 6.07) is 13.1. The second kappa shape index (κ2) is 7.00. The molecule has 1 heterocycles. The van der Waals surface area contributed by atoms with Crippen LogP contribution in [0.3, 0.4) is 0 Å². The van der Waals surface area contributed by atoms with Gasteiger partial charge >= 0.3 is 0 Å². The number of benzene rings is 1. The Kier molecular flexibility index (Phi) is 4.75. The standard InChI is InChI=1S/C14H14N2O3/c17-14(15-9-12-5-2-1-3-6-12)11-19-16-10-13-7-4-8-18-13/h1-8,10H,9,11H2,(H,15,17)/b16-10-. The van der Waals surface area contributed by atoms with Crippen LogP contribution in [0.5, 0.6) is 0 Å². The summed E-state index contributed by atoms with van der Waals surface area (Å²) in [7, 11) is 0. The van der Waals surface area contributed by atoms with Crippen LogP contribution >= 0.6 is 0 Å². The number of carbonyl (C=O) groups excluding carboxylic acids is 1. The molecule has 0 aliphatic rings. The summed E-state index contributed by atoms with van der Waals surface area (Å²) in [5, 5.41) is 6.36. The van der Waals surface area contributed by atoms with Gasteiger partial charge in [0.05, 0.1) is 6.26 Å². The molecule has 5 nitrogen and oxygen atoms in total. The van der Waals surface area contributed by atoms with Crippen molar-refractivity contribution in [2.75, 3.05) is 6.61 Å². The van der Waals surface area contributed by atoms with Gasteiger partial charge in [-0.15, -0.1) is 0 Å². The van der Waals surface area contributed by atoms with Gasteiger partial charge in [0.1, 0.15) is 12.0 Å². The lowest BCUT2D eigenvalue weighted by Crippen LogP contribution is -2.26. The van der Waals surface area contributed by atoms with Gasteiger partial charge in [-0.3, -0.25) is 4.79 Å². The number of nitrogens with zero attached hydrogens (tertiary/aromatic N) is 1. The number of hydrogen-bond acceptors (Lipinski definition) is 4. The highest BCUT2D eigenvalue weighted by molar-refractivity contribution is 5.77. The van der Waals surface area contributed by atoms with E-state index in [0.29, 0.717) is 12.3 Å². The molecule has 0 fully saturated rings. The average Bonchev–Trinajstić information content (AvgIpc) is 2.96. The molecule has 2 rings (SSSR count). The predicted octanol–water partition coefficient (Wildman–Crippen LogP) is 1.95. The quantitative estimate of drug-likeness (QED) is 0.636. The van der Waals surface area contributed by atoms with Crippen LogP contribution in [0.4, 0.5) is 0 Å². The molecule has 19 heavy (non-hydrogen) atoms. The molecule has 1 N–H and O–H groups in total. The first-order chi connectivity index (χ1) is 9.34. The molecule has 1 aromatic heterocycles. The molecule has 0 unspecified atom stereocenters. The maximum atomic E-state index is 11.4. The highest BCUT2D eigenvalue weighted by Crippen LogP contribution is 1.97. The second-order valence-corrected chi connectivity index (χ2v) is 3.79. The lowest BCUT2D eigenvalue weighted by Gasteiger charge is -2.03. The first-order valence-electron chi connectivity index (χ1n) is 5.84. The fourth-order valence-electron chi connectivity index (χ4n) is 1.40. The zero-order valence-corrected chi connectivity index (χ0v) is 10.3. The SMILES string of the molecule is O=C(CO/N=C\c1ccco1)NCc1ccccc1. The Morgan fingerprint density at radius 1 is 1.26 bits per heavy atom. The topological polar surface area (TPSA) is 63.8 Å². The summed E-state index contributed by atoms with van der Waals surface area (Å²) in [6.45, 7) is 0.356. The number of nitrogens with one attached hydrogen (secondary N) is 1. The lowest BCUT2D eigenvalue weighted by atomic mass is 10.2. The Hall–Kier alpha value is -2.56. The third-order valence-corrected chi connectivity index (χ3v) is 2.33. The van der Waals surface area contributed by atoms with E-state index in [-0.39, 0.29) is 12.5 Å². The minimum atomic E-state index is -0.222. The maximum Gasteiger partial charge on any atom is 0.261 e. The minimum absolute atomic E-state index is 0.121. The van der Waals surface area contributed by atoms with Crippen molar-refractivity contribution in [1.82, 2.24) is 5.32 Å². The van der Waals surface area contributed by atoms with Crippen molar-refractivity contribution in [3.63, 3.8) is 0 Å². The molecule has 1 aromatic carbocycles. The Morgan fingerprint density at radius 3 is 2.84 bits per heavy atom. The largest absolute Gasteiger partial charge is 0.463 e. The Balaban J connectivity index is 1.65. The Bertz CT molecular complexity index is 521. The van der Waals surface area contributed by atoms with E-state index >= 15 is 0 Å². The molecular formula is C14H14N2O3. The molecule has 0 aliphatic heterocycles. The second-order valence-electron chi connectivity index (χ2n) is 3.79. The number of oxime groups is 1. The van der Waals surface area contributed by atoms with Crippen LogP contribution in [0.25, 0.3) is 0 Å². The van der Waals surface area contributed by atoms with Crippen molar-refractivity contribution in [2.24, 2.45) is 5.16 Å². The molecule has 98 valence electrons. The van der Waals surface area contributed by atoms with E-state index in [0.717, 1.165) is 5.56 Å². The molecule has 1 amide bonds. The Labute approximate surface area is 110 Å². The first-order valence-corrected chi connectivity index (χ1v) is 5.84. The summed E-state index contributed by atoms with van der Waals surface area (Å²) < 4.78 is 5.02. The van der Waals surface area contributed by atoms with Gasteiger partial charge in [-0.2, -0.15) is 0 Å². The third kappa shape index (κ3) is 4.67. The lowest BCUT2D eigenvalue weighted by molar-refractivity contribution is -0.125. The van der Waals surface area contributed by atoms with Crippen LogP contribution in [0, 0.1) is 0 Å². The van der Waals surface area contributed by atoms with Gasteiger partial charge < -0.3 is 14.6 Å². The van der Waals surface area contributed by atoms with Gasteiger partial charge in [-0.1, -0.05) is 35.5 Å². The molecule has 0 radical (unpaired) electrons. The van der Waals surface area contributed by atoms with E-state index in [9.17, 15) is 4.79 Å². The van der Waals surface area contributed by atoms with Crippen LogP contribution in [0.2, 0.25) is 0 Å². The number of amides is 1. The van der Waals surface area contributed by atoms with Crippen molar-refractivity contribution >= 4 is 12.1 Å². The van der Waals surface area contributed by atoms with E-state index in [1.54, 1.807) is 12.1 Å². The minimum Gasteiger partial charge on any atom is -0.463 e. The fraction of sp³-hybridized carbons (Fsp3) is 0.143. The monoisotopic (exact) mass is 258 g/mol. The van der Waals surface area contributed by atoms with Gasteiger partial charge in [0.15, 0.2) is 6.61 Å². The van der Waals surface area contributed by atoms with Gasteiger partial charge in [0.25, 0.3) is 5.91 Å². The Morgan fingerprint density at radius 2 is 2.11 bits per heavy atom. The van der Waals surface area contributed by atoms with E-state index in [1.807, 2.05) is 30.3 Å². The molecule has 0 saturated carbocycles. The highest BCUT2D eigenvalue weighted by Gasteiger charge is 2.00. The third-order valence-electron chi connectivity index (χ3n) is 2.33. The molecule has 0 atom stereocenters. The summed E-state index contributed by atoms with van der Waals surface area (Å²) in [4.78, 5) is 16.3. The summed E-state index contributed by atoms with van der Waals surface area (Å²) in [5.41, 5.74) is 1.04. The van der Waals surface area contributed by atoms with Crippen LogP contribution in [-0.2, 0) is 16.2 Å². The van der Waals surface area contributed by atoms with E-state index in [2.05, 4.69) is 10.5 Å². The zero-order chi connectivity index (χ0) is 13.3. The predicted molar refractivity (Wildman–Crippen MR) is 70.5 cm³/mol. The van der Waals surface area contributed by atoms with Crippen molar-refractivity contribution in [2.45, 2.75) is 6.54 Å². The van der Waals surface area contributed by atoms with Gasteiger partial charge in [-0.05, 0) is 17.7 Å². The van der Waals surface area contributed by atoms with E-state index in [1.165, 1.54) is 12.5 Å². The van der Waals surface area contributed by atoms with Gasteiger partial charge in [-0.25, -0.2) is 0 Å². The maximum absolute atomic E-state index is 11.4. The highest BCUT2D eigenvalue weighted by atomic mass is 16.6. The fourth-order valence-corrected chi connectivity index (χ4v) is 1.40. The van der Waals surface area contributed by atoms with Crippen LogP contribution in [-0.4, -0.2) is 18.7 Å². The van der Waals surface area contributed by atoms with E-state index in [4.69, 9.17) is 9.25 Å². The molecule has 0 aliphatic carbocycles. The molecular weight excluding hydrogens is 244 g/mol. The summed E-state index contributed by atoms with van der Waals surface area (Å²) in [6.07, 6.45) is 2.94. The molecule has 0 saturated heterocycles. The van der Waals surface area contributed by atoms with Crippen molar-refractivity contribution in [3.05, 3.63) is 60.1 Å². The molecule has 5 heteroatoms. The number of furan rings is 1. The molecule has 2 aromatic rings. The van der Waals surface area contributed by atoms with E-state index < -0.39 is 0 Å². The van der Waals surface area contributed by atoms with Gasteiger partial charge in [0.2, 0.25) is 0 Å². The van der Waals surface area contributed by atoms with Crippen molar-refractivity contribution in [1.29, 1.82) is 0 Å². The van der Waals surface area contributed by atoms with Gasteiger partial charge in [0, 0.05) is 6.54 Å². The van der Waals surface area contributed by atoms with Crippen molar-refractivity contribution in [3.8, 4) is 0 Å². The number of hydrogen-bond donors (Lipinski definition) is 1. The van der Waals surface area contributed by atoms with Crippen molar-refractivity contribution < 1.29 is 14.0 Å². The van der Waals surface area contributed by atoms with Crippen LogP contribution in [0.1, 0.15) is 11.3 Å². The summed E-state index contributed by atoms with van der Waals surface area (Å²) in [5.74, 6) is 0.352. The molecule has 0 spiro atoms. The molecule has 0 bridgehead atoms. The average molecular weight is 258 g/mol. The van der Waals surface area contributed by atoms with Crippen LogP contribution < -0.4 is 5.32 Å².